The molecule has 1 amide bonds. The molecule has 0 aliphatic heterocycles. The zero-order valence-corrected chi connectivity index (χ0v) is 12.9. The molecular weight excluding hydrogens is 330 g/mol. The van der Waals surface area contributed by atoms with E-state index in [4.69, 9.17) is 11.6 Å². The zero-order chi connectivity index (χ0) is 13.9. The highest BCUT2D eigenvalue weighted by atomic mass is 79.9. The second-order valence-electron chi connectivity index (χ2n) is 5.09. The van der Waals surface area contributed by atoms with Crippen LogP contribution in [-0.2, 0) is 0 Å². The van der Waals surface area contributed by atoms with E-state index in [1.165, 1.54) is 24.6 Å². The van der Waals surface area contributed by atoms with E-state index in [-0.39, 0.29) is 17.2 Å². The first kappa shape index (κ1) is 14.7. The fraction of sp³-hybridized carbons (Fsp3) is 0.500. The molecule has 2 N–H and O–H groups in total. The van der Waals surface area contributed by atoms with Crippen molar-refractivity contribution in [3.05, 3.63) is 28.8 Å². The Hall–Kier alpha value is -0.740. The molecule has 1 aliphatic carbocycles. The number of phenolic OH excluding ortho intramolecular Hbond substituents is 1. The van der Waals surface area contributed by atoms with Gasteiger partial charge < -0.3 is 10.4 Å². The highest BCUT2D eigenvalue weighted by Crippen LogP contribution is 2.31. The molecule has 5 heteroatoms. The predicted molar refractivity (Wildman–Crippen MR) is 80.2 cm³/mol. The van der Waals surface area contributed by atoms with Crippen LogP contribution in [0.3, 0.4) is 0 Å². The molecule has 0 bridgehead atoms. The Morgan fingerprint density at radius 1 is 1.37 bits per heavy atom. The van der Waals surface area contributed by atoms with Gasteiger partial charge in [-0.1, -0.05) is 46.8 Å². The van der Waals surface area contributed by atoms with Crippen molar-refractivity contribution in [2.24, 2.45) is 0 Å². The van der Waals surface area contributed by atoms with Gasteiger partial charge in [-0.3, -0.25) is 4.79 Å². The van der Waals surface area contributed by atoms with E-state index >= 15 is 0 Å². The monoisotopic (exact) mass is 345 g/mol. The number of benzene rings is 1. The number of carbonyl (C=O) groups excluding carboxylic acids is 1. The van der Waals surface area contributed by atoms with Crippen molar-refractivity contribution >= 4 is 33.4 Å². The molecule has 2 rings (SSSR count). The summed E-state index contributed by atoms with van der Waals surface area (Å²) in [4.78, 5) is 12.3. The molecule has 3 nitrogen and oxygen atoms in total. The Morgan fingerprint density at radius 2 is 2.05 bits per heavy atom. The molecule has 0 unspecified atom stereocenters. The molecule has 0 aromatic heterocycles. The lowest BCUT2D eigenvalue weighted by molar-refractivity contribution is 0.0886. The third-order valence-electron chi connectivity index (χ3n) is 3.64. The number of amides is 1. The van der Waals surface area contributed by atoms with Crippen molar-refractivity contribution in [3.8, 4) is 5.75 Å². The van der Waals surface area contributed by atoms with Crippen LogP contribution in [-0.4, -0.2) is 21.9 Å². The maximum Gasteiger partial charge on any atom is 0.253 e. The number of hydrogen-bond acceptors (Lipinski definition) is 2. The van der Waals surface area contributed by atoms with Crippen LogP contribution >= 0.6 is 27.5 Å². The number of phenols is 1. The van der Waals surface area contributed by atoms with Gasteiger partial charge in [-0.05, 0) is 31.0 Å². The number of alkyl halides is 1. The average molecular weight is 347 g/mol. The van der Waals surface area contributed by atoms with Crippen molar-refractivity contribution in [3.63, 3.8) is 0 Å². The van der Waals surface area contributed by atoms with Crippen LogP contribution in [0.4, 0.5) is 0 Å². The second kappa shape index (κ2) is 6.14. The Kier molecular flexibility index (Phi) is 4.74. The largest absolute Gasteiger partial charge is 0.508 e. The fourth-order valence-corrected chi connectivity index (χ4v) is 3.42. The van der Waals surface area contributed by atoms with Crippen LogP contribution in [0.2, 0.25) is 5.02 Å². The molecule has 104 valence electrons. The number of rotatable bonds is 3. The van der Waals surface area contributed by atoms with Crippen molar-refractivity contribution < 1.29 is 9.90 Å². The minimum atomic E-state index is -0.220. The van der Waals surface area contributed by atoms with E-state index in [9.17, 15) is 9.90 Å². The van der Waals surface area contributed by atoms with Crippen molar-refractivity contribution in [1.29, 1.82) is 0 Å². The summed E-state index contributed by atoms with van der Waals surface area (Å²) in [5.41, 5.74) is 0.136. The lowest BCUT2D eigenvalue weighted by atomic mass is 9.83. The van der Waals surface area contributed by atoms with Crippen LogP contribution in [0.1, 0.15) is 42.5 Å². The molecule has 0 heterocycles. The third kappa shape index (κ3) is 3.42. The van der Waals surface area contributed by atoms with Crippen molar-refractivity contribution in [2.45, 2.75) is 37.6 Å². The minimum Gasteiger partial charge on any atom is -0.508 e. The highest BCUT2D eigenvalue weighted by molar-refractivity contribution is 9.09. The van der Waals surface area contributed by atoms with E-state index in [1.54, 1.807) is 0 Å². The molecule has 0 radical (unpaired) electrons. The standard InChI is InChI=1S/C14H17BrClNO2/c15-9-14(6-2-1-3-7-14)17-13(19)11-8-10(18)4-5-12(11)16/h4-5,8,18H,1-3,6-7,9H2,(H,17,19). The summed E-state index contributed by atoms with van der Waals surface area (Å²) in [7, 11) is 0. The van der Waals surface area contributed by atoms with E-state index < -0.39 is 0 Å². The smallest absolute Gasteiger partial charge is 0.253 e. The molecule has 1 fully saturated rings. The van der Waals surface area contributed by atoms with Crippen molar-refractivity contribution in [2.75, 3.05) is 5.33 Å². The average Bonchev–Trinajstić information content (AvgIpc) is 2.42. The fourth-order valence-electron chi connectivity index (χ4n) is 2.52. The summed E-state index contributed by atoms with van der Waals surface area (Å²) in [5.74, 6) is -0.173. The van der Waals surface area contributed by atoms with Gasteiger partial charge >= 0.3 is 0 Å². The molecule has 1 saturated carbocycles. The van der Waals surface area contributed by atoms with Gasteiger partial charge in [0.15, 0.2) is 0 Å². The van der Waals surface area contributed by atoms with Gasteiger partial charge in [0.2, 0.25) is 0 Å². The number of nitrogens with one attached hydrogen (secondary N) is 1. The lowest BCUT2D eigenvalue weighted by Gasteiger charge is -2.36. The van der Waals surface area contributed by atoms with Gasteiger partial charge in [-0.2, -0.15) is 0 Å². The molecule has 1 aromatic rings. The topological polar surface area (TPSA) is 49.3 Å². The van der Waals surface area contributed by atoms with Gasteiger partial charge in [-0.15, -0.1) is 0 Å². The van der Waals surface area contributed by atoms with Crippen LogP contribution in [0.25, 0.3) is 0 Å². The summed E-state index contributed by atoms with van der Waals surface area (Å²) in [5, 5.41) is 13.6. The first-order valence-corrected chi connectivity index (χ1v) is 7.93. The maximum absolute atomic E-state index is 12.3. The SMILES string of the molecule is O=C(NC1(CBr)CCCCC1)c1cc(O)ccc1Cl. The van der Waals surface area contributed by atoms with Crippen LogP contribution in [0.15, 0.2) is 18.2 Å². The predicted octanol–water partition coefficient (Wildman–Crippen LogP) is 3.87. The molecule has 1 aromatic carbocycles. The number of aromatic hydroxyl groups is 1. The Labute approximate surface area is 126 Å². The van der Waals surface area contributed by atoms with E-state index in [0.717, 1.165) is 31.0 Å². The van der Waals surface area contributed by atoms with Crippen molar-refractivity contribution in [1.82, 2.24) is 5.32 Å². The number of hydrogen-bond donors (Lipinski definition) is 2. The van der Waals surface area contributed by atoms with Crippen LogP contribution in [0.5, 0.6) is 5.75 Å². The van der Waals surface area contributed by atoms with Gasteiger partial charge in [-0.25, -0.2) is 0 Å². The molecule has 1 aliphatic rings. The summed E-state index contributed by atoms with van der Waals surface area (Å²) in [6.45, 7) is 0. The zero-order valence-electron chi connectivity index (χ0n) is 10.6. The maximum atomic E-state index is 12.3. The molecule has 0 atom stereocenters. The van der Waals surface area contributed by atoms with E-state index in [2.05, 4.69) is 21.2 Å². The first-order valence-electron chi connectivity index (χ1n) is 6.43. The van der Waals surface area contributed by atoms with Gasteiger partial charge in [0, 0.05) is 5.33 Å². The molecular formula is C14H17BrClNO2. The summed E-state index contributed by atoms with van der Waals surface area (Å²) < 4.78 is 0. The summed E-state index contributed by atoms with van der Waals surface area (Å²) >= 11 is 9.52. The van der Waals surface area contributed by atoms with E-state index in [0.29, 0.717) is 10.6 Å². The second-order valence-corrected chi connectivity index (χ2v) is 6.06. The van der Waals surface area contributed by atoms with Gasteiger partial charge in [0.1, 0.15) is 5.75 Å². The molecule has 0 saturated heterocycles. The normalized spacial score (nSPS) is 18.0. The summed E-state index contributed by atoms with van der Waals surface area (Å²) in [6, 6.07) is 4.41. The van der Waals surface area contributed by atoms with Crippen LogP contribution < -0.4 is 5.32 Å². The quantitative estimate of drug-likeness (QED) is 0.816. The van der Waals surface area contributed by atoms with E-state index in [1.807, 2.05) is 0 Å². The third-order valence-corrected chi connectivity index (χ3v) is 5.04. The molecule has 0 spiro atoms. The lowest BCUT2D eigenvalue weighted by Crippen LogP contribution is -2.51. The Morgan fingerprint density at radius 3 is 2.68 bits per heavy atom. The summed E-state index contributed by atoms with van der Waals surface area (Å²) in [6.07, 6.45) is 5.41. The van der Waals surface area contributed by atoms with Crippen LogP contribution in [0, 0.1) is 0 Å². The first-order chi connectivity index (χ1) is 9.06. The highest BCUT2D eigenvalue weighted by Gasteiger charge is 2.33. The number of carbonyl (C=O) groups is 1. The minimum absolute atomic E-state index is 0.0473. The Balaban J connectivity index is 2.17. The Bertz CT molecular complexity index is 473. The molecule has 19 heavy (non-hydrogen) atoms. The number of halogens is 2. The van der Waals surface area contributed by atoms with Gasteiger partial charge in [0.25, 0.3) is 5.91 Å². The van der Waals surface area contributed by atoms with Gasteiger partial charge in [0.05, 0.1) is 16.1 Å².